The lowest BCUT2D eigenvalue weighted by molar-refractivity contribution is 0.0945. The molecule has 0 aliphatic rings. The minimum atomic E-state index is -1.08. The standard InChI is InChI=1S/C18H14FN5O/c1-11-21-17(24-23-11)12-5-4-6-13(9-12)18(25)22-16(10-20)14-7-2-3-8-15(14)19/h2-9,16H,1H3,(H,22,25)(H,21,23,24)/t16-/m0/s1. The average molecular weight is 335 g/mol. The average Bonchev–Trinajstić information content (AvgIpc) is 3.07. The molecule has 0 bridgehead atoms. The Morgan fingerprint density at radius 1 is 1.28 bits per heavy atom. The van der Waals surface area contributed by atoms with Gasteiger partial charge in [-0.15, -0.1) is 0 Å². The maximum Gasteiger partial charge on any atom is 0.252 e. The Balaban J connectivity index is 1.84. The van der Waals surface area contributed by atoms with Gasteiger partial charge in [0.1, 0.15) is 17.7 Å². The lowest BCUT2D eigenvalue weighted by Gasteiger charge is -2.13. The molecule has 3 aromatic rings. The lowest BCUT2D eigenvalue weighted by Crippen LogP contribution is -2.28. The van der Waals surface area contributed by atoms with E-state index in [-0.39, 0.29) is 5.56 Å². The molecule has 1 heterocycles. The molecule has 6 nitrogen and oxygen atoms in total. The Kier molecular flexibility index (Phi) is 4.53. The van der Waals surface area contributed by atoms with Gasteiger partial charge in [0.25, 0.3) is 5.91 Å². The lowest BCUT2D eigenvalue weighted by atomic mass is 10.1. The Labute approximate surface area is 143 Å². The summed E-state index contributed by atoms with van der Waals surface area (Å²) < 4.78 is 13.8. The van der Waals surface area contributed by atoms with Crippen LogP contribution >= 0.6 is 0 Å². The number of hydrogen-bond acceptors (Lipinski definition) is 4. The van der Waals surface area contributed by atoms with E-state index in [0.717, 1.165) is 0 Å². The molecule has 0 saturated carbocycles. The first-order valence-corrected chi connectivity index (χ1v) is 7.53. The summed E-state index contributed by atoms with van der Waals surface area (Å²) in [5, 5.41) is 18.6. The summed E-state index contributed by atoms with van der Waals surface area (Å²) in [4.78, 5) is 16.7. The van der Waals surface area contributed by atoms with Crippen molar-refractivity contribution in [3.8, 4) is 17.5 Å². The largest absolute Gasteiger partial charge is 0.332 e. The minimum absolute atomic E-state index is 0.124. The van der Waals surface area contributed by atoms with Crippen molar-refractivity contribution in [2.45, 2.75) is 13.0 Å². The predicted molar refractivity (Wildman–Crippen MR) is 88.8 cm³/mol. The number of aromatic amines is 1. The van der Waals surface area contributed by atoms with Crippen LogP contribution < -0.4 is 5.32 Å². The second kappa shape index (κ2) is 6.93. The molecule has 0 radical (unpaired) electrons. The molecule has 7 heteroatoms. The van der Waals surface area contributed by atoms with E-state index in [1.54, 1.807) is 37.3 Å². The zero-order valence-corrected chi connectivity index (χ0v) is 13.3. The molecule has 0 unspecified atom stereocenters. The van der Waals surface area contributed by atoms with Crippen LogP contribution in [0.3, 0.4) is 0 Å². The topological polar surface area (TPSA) is 94.5 Å². The summed E-state index contributed by atoms with van der Waals surface area (Å²) >= 11 is 0. The third-order valence-corrected chi connectivity index (χ3v) is 3.60. The second-order valence-corrected chi connectivity index (χ2v) is 5.38. The van der Waals surface area contributed by atoms with Crippen LogP contribution in [0.5, 0.6) is 0 Å². The van der Waals surface area contributed by atoms with Crippen LogP contribution in [-0.4, -0.2) is 21.1 Å². The zero-order valence-electron chi connectivity index (χ0n) is 13.3. The van der Waals surface area contributed by atoms with Gasteiger partial charge in [-0.2, -0.15) is 10.4 Å². The van der Waals surface area contributed by atoms with E-state index in [0.29, 0.717) is 22.8 Å². The number of nitriles is 1. The maximum absolute atomic E-state index is 13.8. The molecular weight excluding hydrogens is 321 g/mol. The minimum Gasteiger partial charge on any atom is -0.332 e. The van der Waals surface area contributed by atoms with Crippen molar-refractivity contribution in [1.29, 1.82) is 5.26 Å². The number of nitrogens with zero attached hydrogens (tertiary/aromatic N) is 3. The van der Waals surface area contributed by atoms with Gasteiger partial charge in [-0.1, -0.05) is 30.3 Å². The van der Waals surface area contributed by atoms with Crippen LogP contribution in [0.1, 0.15) is 27.8 Å². The normalized spacial score (nSPS) is 11.6. The number of H-pyrrole nitrogens is 1. The van der Waals surface area contributed by atoms with Crippen molar-refractivity contribution >= 4 is 5.91 Å². The summed E-state index contributed by atoms with van der Waals surface area (Å²) in [6.45, 7) is 1.78. The number of aromatic nitrogens is 3. The van der Waals surface area contributed by atoms with Crippen LogP contribution in [-0.2, 0) is 0 Å². The molecule has 0 spiro atoms. The number of benzene rings is 2. The summed E-state index contributed by atoms with van der Waals surface area (Å²) in [7, 11) is 0. The monoisotopic (exact) mass is 335 g/mol. The molecule has 0 aliphatic carbocycles. The van der Waals surface area contributed by atoms with Crippen molar-refractivity contribution in [2.24, 2.45) is 0 Å². The van der Waals surface area contributed by atoms with Crippen LogP contribution in [0.15, 0.2) is 48.5 Å². The number of rotatable bonds is 4. The molecule has 2 N–H and O–H groups in total. The van der Waals surface area contributed by atoms with E-state index in [4.69, 9.17) is 0 Å². The van der Waals surface area contributed by atoms with Gasteiger partial charge in [-0.05, 0) is 25.1 Å². The molecule has 2 aromatic carbocycles. The van der Waals surface area contributed by atoms with Crippen LogP contribution in [0.25, 0.3) is 11.4 Å². The quantitative estimate of drug-likeness (QED) is 0.766. The molecule has 0 aliphatic heterocycles. The van der Waals surface area contributed by atoms with Gasteiger partial charge < -0.3 is 5.32 Å². The van der Waals surface area contributed by atoms with E-state index in [2.05, 4.69) is 20.5 Å². The first kappa shape index (κ1) is 16.3. The predicted octanol–water partition coefficient (Wildman–Crippen LogP) is 2.91. The molecule has 1 aromatic heterocycles. The Morgan fingerprint density at radius 2 is 2.08 bits per heavy atom. The van der Waals surface area contributed by atoms with E-state index in [9.17, 15) is 14.4 Å². The first-order chi connectivity index (χ1) is 12.1. The molecule has 1 amide bonds. The number of amides is 1. The van der Waals surface area contributed by atoms with Crippen LogP contribution in [0.4, 0.5) is 4.39 Å². The van der Waals surface area contributed by atoms with Crippen molar-refractivity contribution in [2.75, 3.05) is 0 Å². The van der Waals surface area contributed by atoms with E-state index in [1.807, 2.05) is 6.07 Å². The molecule has 0 fully saturated rings. The molecule has 1 atom stereocenters. The van der Waals surface area contributed by atoms with Gasteiger partial charge in [0.2, 0.25) is 0 Å². The molecule has 124 valence electrons. The highest BCUT2D eigenvalue weighted by Gasteiger charge is 2.18. The molecule has 3 rings (SSSR count). The van der Waals surface area contributed by atoms with Crippen molar-refractivity contribution in [3.05, 3.63) is 71.3 Å². The third-order valence-electron chi connectivity index (χ3n) is 3.60. The Hall–Kier alpha value is -3.53. The summed E-state index contributed by atoms with van der Waals surface area (Å²) in [6, 6.07) is 13.4. The van der Waals surface area contributed by atoms with Crippen molar-refractivity contribution in [1.82, 2.24) is 20.5 Å². The number of carbonyl (C=O) groups is 1. The van der Waals surface area contributed by atoms with Crippen LogP contribution in [0.2, 0.25) is 0 Å². The highest BCUT2D eigenvalue weighted by Crippen LogP contribution is 2.19. The molecule has 25 heavy (non-hydrogen) atoms. The van der Waals surface area contributed by atoms with Crippen molar-refractivity contribution < 1.29 is 9.18 Å². The SMILES string of the molecule is Cc1nc(-c2cccc(C(=O)N[C@@H](C#N)c3ccccc3F)c2)n[nH]1. The fourth-order valence-electron chi connectivity index (χ4n) is 2.37. The number of aryl methyl sites for hydroxylation is 1. The van der Waals surface area contributed by atoms with E-state index < -0.39 is 17.8 Å². The molecule has 0 saturated heterocycles. The number of hydrogen-bond donors (Lipinski definition) is 2. The van der Waals surface area contributed by atoms with E-state index in [1.165, 1.54) is 18.2 Å². The second-order valence-electron chi connectivity index (χ2n) is 5.38. The van der Waals surface area contributed by atoms with E-state index >= 15 is 0 Å². The fourth-order valence-corrected chi connectivity index (χ4v) is 2.37. The fraction of sp³-hybridized carbons (Fsp3) is 0.111. The first-order valence-electron chi connectivity index (χ1n) is 7.53. The van der Waals surface area contributed by atoms with Gasteiger partial charge >= 0.3 is 0 Å². The summed E-state index contributed by atoms with van der Waals surface area (Å²) in [5.41, 5.74) is 1.12. The van der Waals surface area contributed by atoms with Crippen molar-refractivity contribution in [3.63, 3.8) is 0 Å². The van der Waals surface area contributed by atoms with Gasteiger partial charge in [-0.25, -0.2) is 9.37 Å². The van der Waals surface area contributed by atoms with Gasteiger partial charge in [-0.3, -0.25) is 9.89 Å². The Bertz CT molecular complexity index is 960. The number of carbonyl (C=O) groups excluding carboxylic acids is 1. The van der Waals surface area contributed by atoms with Gasteiger partial charge in [0.05, 0.1) is 6.07 Å². The van der Waals surface area contributed by atoms with Gasteiger partial charge in [0.15, 0.2) is 5.82 Å². The van der Waals surface area contributed by atoms with Gasteiger partial charge in [0, 0.05) is 16.7 Å². The third kappa shape index (κ3) is 3.53. The highest BCUT2D eigenvalue weighted by atomic mass is 19.1. The number of halogens is 1. The van der Waals surface area contributed by atoms with Crippen LogP contribution in [0, 0.1) is 24.1 Å². The highest BCUT2D eigenvalue weighted by molar-refractivity contribution is 5.95. The summed E-state index contributed by atoms with van der Waals surface area (Å²) in [6.07, 6.45) is 0. The Morgan fingerprint density at radius 3 is 2.76 bits per heavy atom. The zero-order chi connectivity index (χ0) is 17.8. The smallest absolute Gasteiger partial charge is 0.252 e. The summed E-state index contributed by atoms with van der Waals surface area (Å²) in [5.74, 6) is 0.107. The molecular formula is C18H14FN5O. The maximum atomic E-state index is 13.8. The number of nitrogens with one attached hydrogen (secondary N) is 2.